The number of amides is 2. The number of likely N-dealkylation sites (tertiary alicyclic amines) is 1. The zero-order valence-electron chi connectivity index (χ0n) is 18.3. The fourth-order valence-corrected chi connectivity index (χ4v) is 4.07. The lowest BCUT2D eigenvalue weighted by atomic mass is 10.1. The molecule has 0 bridgehead atoms. The van der Waals surface area contributed by atoms with Crippen LogP contribution in [0.4, 0.5) is 26.6 Å². The number of nitrogen functional groups attached to an aromatic ring is 2. The van der Waals surface area contributed by atoms with E-state index in [0.717, 1.165) is 6.20 Å². The van der Waals surface area contributed by atoms with Crippen LogP contribution in [0.15, 0.2) is 18.9 Å². The minimum absolute atomic E-state index is 0.00420. The van der Waals surface area contributed by atoms with Gasteiger partial charge in [-0.15, -0.1) is 0 Å². The van der Waals surface area contributed by atoms with Gasteiger partial charge in [-0.3, -0.25) is 9.59 Å². The maximum atomic E-state index is 13.5. The Labute approximate surface area is 193 Å². The zero-order valence-corrected chi connectivity index (χ0v) is 18.3. The summed E-state index contributed by atoms with van der Waals surface area (Å²) in [6, 6.07) is 0. The molecule has 2 aliphatic heterocycles. The van der Waals surface area contributed by atoms with Gasteiger partial charge in [0.25, 0.3) is 6.43 Å². The van der Waals surface area contributed by atoms with Gasteiger partial charge in [0.2, 0.25) is 29.7 Å². The predicted molar refractivity (Wildman–Crippen MR) is 118 cm³/mol. The normalized spacial score (nSPS) is 18.4. The van der Waals surface area contributed by atoms with Crippen LogP contribution in [-0.4, -0.2) is 85.8 Å². The molecule has 4 N–H and O–H groups in total. The van der Waals surface area contributed by atoms with Gasteiger partial charge in [-0.25, -0.2) is 18.7 Å². The van der Waals surface area contributed by atoms with Crippen LogP contribution in [0.3, 0.4) is 0 Å². The van der Waals surface area contributed by atoms with E-state index in [1.807, 2.05) is 0 Å². The molecule has 0 saturated carbocycles. The molecule has 14 heteroatoms. The van der Waals surface area contributed by atoms with Crippen LogP contribution in [0.25, 0.3) is 11.4 Å². The van der Waals surface area contributed by atoms with Crippen molar-refractivity contribution in [3.05, 3.63) is 24.5 Å². The Kier molecular flexibility index (Phi) is 6.47. The van der Waals surface area contributed by atoms with Crippen LogP contribution in [0, 0.1) is 5.92 Å². The molecule has 1 atom stereocenters. The smallest absolute Gasteiger partial charge is 0.281 e. The van der Waals surface area contributed by atoms with Crippen LogP contribution < -0.4 is 16.4 Å². The second kappa shape index (κ2) is 9.49. The maximum absolute atomic E-state index is 13.5. The summed E-state index contributed by atoms with van der Waals surface area (Å²) in [6.07, 6.45) is 0.0778. The van der Waals surface area contributed by atoms with E-state index in [-0.39, 0.29) is 47.0 Å². The number of hydrogen-bond donors (Lipinski definition) is 2. The highest BCUT2D eigenvalue weighted by molar-refractivity contribution is 5.88. The monoisotopic (exact) mass is 474 g/mol. The molecule has 2 aliphatic rings. The van der Waals surface area contributed by atoms with E-state index in [2.05, 4.69) is 31.5 Å². The number of hydrogen-bond acceptors (Lipinski definition) is 10. The SMILES string of the molecule is C=CC(=O)N1CC[C@H](C(=O)N2CCN(c3nc(N)nc(-c4cnc(N)nc4C(F)F)n3)CC2)C1. The Hall–Kier alpha value is -3.97. The Bertz CT molecular complexity index is 1110. The lowest BCUT2D eigenvalue weighted by Gasteiger charge is -2.36. The number of carbonyl (C=O) groups excluding carboxylic acids is 2. The third-order valence-corrected chi connectivity index (χ3v) is 5.82. The first-order valence-electron chi connectivity index (χ1n) is 10.6. The van der Waals surface area contributed by atoms with E-state index < -0.39 is 12.1 Å². The van der Waals surface area contributed by atoms with Gasteiger partial charge in [0.05, 0.1) is 11.5 Å². The molecule has 0 aliphatic carbocycles. The Morgan fingerprint density at radius 2 is 1.76 bits per heavy atom. The topological polar surface area (TPSA) is 160 Å². The van der Waals surface area contributed by atoms with Crippen molar-refractivity contribution in [2.75, 3.05) is 55.6 Å². The molecule has 4 heterocycles. The molecule has 180 valence electrons. The number of alkyl halides is 2. The molecular weight excluding hydrogens is 450 g/mol. The summed E-state index contributed by atoms with van der Waals surface area (Å²) in [4.78, 5) is 49.6. The minimum Gasteiger partial charge on any atom is -0.368 e. The number of piperazine rings is 1. The van der Waals surface area contributed by atoms with Crippen LogP contribution in [0.2, 0.25) is 0 Å². The van der Waals surface area contributed by atoms with Crippen LogP contribution in [-0.2, 0) is 9.59 Å². The summed E-state index contributed by atoms with van der Waals surface area (Å²) in [5.74, 6) is -0.743. The highest BCUT2D eigenvalue weighted by Gasteiger charge is 2.34. The molecule has 4 rings (SSSR count). The number of rotatable bonds is 5. The molecule has 2 saturated heterocycles. The average molecular weight is 474 g/mol. The zero-order chi connectivity index (χ0) is 24.4. The molecule has 0 radical (unpaired) electrons. The van der Waals surface area contributed by atoms with Gasteiger partial charge >= 0.3 is 0 Å². The molecule has 34 heavy (non-hydrogen) atoms. The number of halogens is 2. The van der Waals surface area contributed by atoms with Crippen molar-refractivity contribution in [1.82, 2.24) is 34.7 Å². The number of aromatic nitrogens is 5. The van der Waals surface area contributed by atoms with Gasteiger partial charge in [0, 0.05) is 45.5 Å². The molecule has 0 spiro atoms. The second-order valence-electron chi connectivity index (χ2n) is 7.93. The highest BCUT2D eigenvalue weighted by Crippen LogP contribution is 2.29. The largest absolute Gasteiger partial charge is 0.368 e. The highest BCUT2D eigenvalue weighted by atomic mass is 19.3. The van der Waals surface area contributed by atoms with Crippen molar-refractivity contribution in [2.45, 2.75) is 12.8 Å². The van der Waals surface area contributed by atoms with Crippen molar-refractivity contribution in [3.63, 3.8) is 0 Å². The summed E-state index contributed by atoms with van der Waals surface area (Å²) in [6.45, 7) is 6.06. The van der Waals surface area contributed by atoms with Crippen molar-refractivity contribution in [2.24, 2.45) is 5.92 Å². The molecular formula is C20H24F2N10O2. The Morgan fingerprint density at radius 3 is 2.44 bits per heavy atom. The number of carbonyl (C=O) groups is 2. The lowest BCUT2D eigenvalue weighted by Crippen LogP contribution is -2.51. The first kappa shape index (κ1) is 23.2. The fraction of sp³-hybridized carbons (Fsp3) is 0.450. The van der Waals surface area contributed by atoms with Gasteiger partial charge in [-0.1, -0.05) is 6.58 Å². The Morgan fingerprint density at radius 1 is 1.03 bits per heavy atom. The third kappa shape index (κ3) is 4.70. The molecule has 2 aromatic rings. The maximum Gasteiger partial charge on any atom is 0.281 e. The molecule has 0 aromatic carbocycles. The molecule has 2 aromatic heterocycles. The number of nitrogens with two attached hydrogens (primary N) is 2. The van der Waals surface area contributed by atoms with Crippen LogP contribution in [0.1, 0.15) is 18.5 Å². The summed E-state index contributed by atoms with van der Waals surface area (Å²) in [5.41, 5.74) is 10.6. The van der Waals surface area contributed by atoms with Crippen LogP contribution >= 0.6 is 0 Å². The van der Waals surface area contributed by atoms with Crippen molar-refractivity contribution in [3.8, 4) is 11.4 Å². The quantitative estimate of drug-likeness (QED) is 0.569. The summed E-state index contributed by atoms with van der Waals surface area (Å²) < 4.78 is 26.9. The average Bonchev–Trinajstić information content (AvgIpc) is 3.33. The third-order valence-electron chi connectivity index (χ3n) is 5.82. The molecule has 0 unspecified atom stereocenters. The Balaban J connectivity index is 1.45. The van der Waals surface area contributed by atoms with Crippen molar-refractivity contribution >= 4 is 29.7 Å². The number of nitrogens with zero attached hydrogens (tertiary/aromatic N) is 8. The van der Waals surface area contributed by atoms with Gasteiger partial charge in [-0.05, 0) is 12.5 Å². The fourth-order valence-electron chi connectivity index (χ4n) is 4.07. The first-order chi connectivity index (χ1) is 16.3. The molecule has 2 fully saturated rings. The lowest BCUT2D eigenvalue weighted by molar-refractivity contribution is -0.135. The van der Waals surface area contributed by atoms with Gasteiger partial charge < -0.3 is 26.2 Å². The van der Waals surface area contributed by atoms with Gasteiger partial charge in [0.1, 0.15) is 5.69 Å². The molecule has 2 amide bonds. The standard InChI is InChI=1S/C20H24F2N10O2/c1-2-13(33)32-4-3-11(10-32)17(34)30-5-7-31(8-6-30)20-28-16(27-19(24)29-20)12-9-25-18(23)26-14(12)15(21)22/h2,9,11,15H,1,3-8,10H2,(H2,23,25,26)(H2,24,27,28,29)/t11-/m0/s1. The number of anilines is 3. The molecule has 12 nitrogen and oxygen atoms in total. The van der Waals surface area contributed by atoms with Crippen molar-refractivity contribution in [1.29, 1.82) is 0 Å². The summed E-state index contributed by atoms with van der Waals surface area (Å²) in [7, 11) is 0. The summed E-state index contributed by atoms with van der Waals surface area (Å²) >= 11 is 0. The van der Waals surface area contributed by atoms with E-state index >= 15 is 0 Å². The van der Waals surface area contributed by atoms with E-state index in [4.69, 9.17) is 11.5 Å². The van der Waals surface area contributed by atoms with E-state index in [1.165, 1.54) is 6.08 Å². The van der Waals surface area contributed by atoms with Gasteiger partial charge in [0.15, 0.2) is 5.82 Å². The predicted octanol–water partition coefficient (Wildman–Crippen LogP) is 0.114. The first-order valence-corrected chi connectivity index (χ1v) is 10.6. The van der Waals surface area contributed by atoms with Gasteiger partial charge in [-0.2, -0.15) is 15.0 Å². The van der Waals surface area contributed by atoms with Crippen molar-refractivity contribution < 1.29 is 18.4 Å². The van der Waals surface area contributed by atoms with E-state index in [1.54, 1.807) is 14.7 Å². The second-order valence-corrected chi connectivity index (χ2v) is 7.93. The minimum atomic E-state index is -2.91. The van der Waals surface area contributed by atoms with E-state index in [0.29, 0.717) is 45.7 Å². The van der Waals surface area contributed by atoms with Crippen LogP contribution in [0.5, 0.6) is 0 Å². The van der Waals surface area contributed by atoms with E-state index in [9.17, 15) is 18.4 Å². The summed E-state index contributed by atoms with van der Waals surface area (Å²) in [5, 5.41) is 0.